The van der Waals surface area contributed by atoms with Crippen LogP contribution in [0.15, 0.2) is 0 Å². The van der Waals surface area contributed by atoms with Gasteiger partial charge < -0.3 is 10.4 Å². The molecule has 0 bridgehead atoms. The molecule has 0 aliphatic heterocycles. The molecule has 0 saturated heterocycles. The summed E-state index contributed by atoms with van der Waals surface area (Å²) in [7, 11) is 0. The van der Waals surface area contributed by atoms with E-state index in [0.29, 0.717) is 11.2 Å². The lowest BCUT2D eigenvalue weighted by atomic mass is 10.2. The van der Waals surface area contributed by atoms with Gasteiger partial charge in [-0.05, 0) is 39.5 Å². The molecule has 90 valence electrons. The summed E-state index contributed by atoms with van der Waals surface area (Å²) in [6, 6.07) is 0. The Hall–Kier alpha value is -0.220. The zero-order chi connectivity index (χ0) is 11.7. The fourth-order valence-corrected chi connectivity index (χ4v) is 1.41. The van der Waals surface area contributed by atoms with Crippen molar-refractivity contribution in [1.29, 1.82) is 0 Å². The molecule has 0 amide bonds. The Morgan fingerprint density at radius 3 is 2.53 bits per heavy atom. The van der Waals surface area contributed by atoms with Crippen LogP contribution in [0.5, 0.6) is 0 Å². The number of thioether (sulfide) groups is 1. The number of carboxylic acids is 1. The van der Waals surface area contributed by atoms with Crippen molar-refractivity contribution in [3.05, 3.63) is 0 Å². The maximum absolute atomic E-state index is 10.2. The molecule has 0 spiro atoms. The van der Waals surface area contributed by atoms with Crippen molar-refractivity contribution in [2.75, 3.05) is 19.3 Å². The molecule has 0 aromatic carbocycles. The molecule has 0 atom stereocenters. The van der Waals surface area contributed by atoms with Gasteiger partial charge in [-0.25, -0.2) is 0 Å². The number of nitrogens with one attached hydrogen (secondary N) is 1. The normalized spacial score (nSPS) is 11.7. The third-order valence-corrected chi connectivity index (χ3v) is 3.60. The molecular formula is C11H23NO2S. The average Bonchev–Trinajstić information content (AvgIpc) is 2.16. The van der Waals surface area contributed by atoms with E-state index in [1.807, 2.05) is 11.8 Å². The van der Waals surface area contributed by atoms with Crippen molar-refractivity contribution in [1.82, 2.24) is 5.32 Å². The number of carboxylic acid groups (broad SMARTS) is 1. The molecule has 0 aliphatic carbocycles. The monoisotopic (exact) mass is 233 g/mol. The first kappa shape index (κ1) is 14.8. The van der Waals surface area contributed by atoms with E-state index in [2.05, 4.69) is 25.4 Å². The minimum Gasteiger partial charge on any atom is -0.481 e. The van der Waals surface area contributed by atoms with E-state index in [9.17, 15) is 4.79 Å². The second kappa shape index (κ2) is 7.99. The first-order valence-corrected chi connectivity index (χ1v) is 6.68. The van der Waals surface area contributed by atoms with Gasteiger partial charge in [0.05, 0.1) is 0 Å². The highest BCUT2D eigenvalue weighted by atomic mass is 32.2. The Labute approximate surface area is 97.0 Å². The molecule has 0 heterocycles. The lowest BCUT2D eigenvalue weighted by molar-refractivity contribution is -0.137. The molecule has 0 aromatic heterocycles. The van der Waals surface area contributed by atoms with E-state index >= 15 is 0 Å². The van der Waals surface area contributed by atoms with E-state index in [1.165, 1.54) is 0 Å². The highest BCUT2D eigenvalue weighted by Gasteiger charge is 2.14. The van der Waals surface area contributed by atoms with Crippen LogP contribution in [-0.4, -0.2) is 35.2 Å². The molecule has 0 saturated carbocycles. The lowest BCUT2D eigenvalue weighted by Crippen LogP contribution is -2.32. The zero-order valence-corrected chi connectivity index (χ0v) is 10.8. The van der Waals surface area contributed by atoms with Gasteiger partial charge in [0.25, 0.3) is 0 Å². The summed E-state index contributed by atoms with van der Waals surface area (Å²) in [6.07, 6.45) is 5.28. The van der Waals surface area contributed by atoms with E-state index in [1.54, 1.807) is 0 Å². The zero-order valence-electron chi connectivity index (χ0n) is 10.0. The molecule has 0 radical (unpaired) electrons. The fourth-order valence-electron chi connectivity index (χ4n) is 1.16. The highest BCUT2D eigenvalue weighted by molar-refractivity contribution is 7.99. The molecule has 0 aromatic rings. The largest absolute Gasteiger partial charge is 0.481 e. The Bertz CT molecular complexity index is 183. The van der Waals surface area contributed by atoms with Crippen molar-refractivity contribution in [3.8, 4) is 0 Å². The minimum atomic E-state index is -0.688. The second-order valence-corrected chi connectivity index (χ2v) is 5.86. The third kappa shape index (κ3) is 10.1. The van der Waals surface area contributed by atoms with Crippen LogP contribution in [0.4, 0.5) is 0 Å². The summed E-state index contributed by atoms with van der Waals surface area (Å²) in [5.41, 5.74) is 0. The molecule has 3 nitrogen and oxygen atoms in total. The smallest absolute Gasteiger partial charge is 0.303 e. The van der Waals surface area contributed by atoms with Gasteiger partial charge in [-0.3, -0.25) is 4.79 Å². The van der Waals surface area contributed by atoms with Gasteiger partial charge in [-0.1, -0.05) is 6.42 Å². The van der Waals surface area contributed by atoms with Crippen LogP contribution >= 0.6 is 11.8 Å². The fraction of sp³-hybridized carbons (Fsp3) is 0.909. The van der Waals surface area contributed by atoms with E-state index < -0.39 is 5.97 Å². The van der Waals surface area contributed by atoms with Gasteiger partial charge >= 0.3 is 5.97 Å². The Balaban J connectivity index is 3.22. The first-order valence-electron chi connectivity index (χ1n) is 5.45. The number of unbranched alkanes of at least 4 members (excludes halogenated alkanes) is 2. The third-order valence-electron chi connectivity index (χ3n) is 2.35. The summed E-state index contributed by atoms with van der Waals surface area (Å²) >= 11 is 1.86. The summed E-state index contributed by atoms with van der Waals surface area (Å²) in [6.45, 7) is 6.43. The molecule has 15 heavy (non-hydrogen) atoms. The van der Waals surface area contributed by atoms with Crippen molar-refractivity contribution in [2.45, 2.75) is 44.3 Å². The van der Waals surface area contributed by atoms with Gasteiger partial charge in [0.15, 0.2) is 0 Å². The van der Waals surface area contributed by atoms with Gasteiger partial charge in [0, 0.05) is 17.7 Å². The van der Waals surface area contributed by atoms with Crippen molar-refractivity contribution < 1.29 is 9.90 Å². The van der Waals surface area contributed by atoms with Gasteiger partial charge in [0.1, 0.15) is 0 Å². The molecule has 2 N–H and O–H groups in total. The molecule has 0 aliphatic rings. The Kier molecular flexibility index (Phi) is 7.88. The molecule has 0 rings (SSSR count). The summed E-state index contributed by atoms with van der Waals surface area (Å²) in [4.78, 5) is 10.2. The minimum absolute atomic E-state index is 0.293. The topological polar surface area (TPSA) is 49.3 Å². The van der Waals surface area contributed by atoms with E-state index in [-0.39, 0.29) is 0 Å². The van der Waals surface area contributed by atoms with Crippen LogP contribution in [0, 0.1) is 0 Å². The van der Waals surface area contributed by atoms with Crippen LogP contribution in [0.1, 0.15) is 39.5 Å². The van der Waals surface area contributed by atoms with Gasteiger partial charge in [-0.15, -0.1) is 0 Å². The van der Waals surface area contributed by atoms with Crippen LogP contribution in [0.3, 0.4) is 0 Å². The Morgan fingerprint density at radius 2 is 2.00 bits per heavy atom. The van der Waals surface area contributed by atoms with Crippen LogP contribution < -0.4 is 5.32 Å². The van der Waals surface area contributed by atoms with Gasteiger partial charge in [0.2, 0.25) is 0 Å². The lowest BCUT2D eigenvalue weighted by Gasteiger charge is -2.22. The summed E-state index contributed by atoms with van der Waals surface area (Å²) < 4.78 is 0.293. The van der Waals surface area contributed by atoms with E-state index in [0.717, 1.165) is 32.4 Å². The predicted molar refractivity (Wildman–Crippen MR) is 66.6 cm³/mol. The van der Waals surface area contributed by atoms with Crippen LogP contribution in [-0.2, 0) is 4.79 Å². The van der Waals surface area contributed by atoms with Crippen LogP contribution in [0.25, 0.3) is 0 Å². The highest BCUT2D eigenvalue weighted by Crippen LogP contribution is 2.19. The first-order chi connectivity index (χ1) is 6.98. The molecule has 0 fully saturated rings. The van der Waals surface area contributed by atoms with Crippen molar-refractivity contribution >= 4 is 17.7 Å². The van der Waals surface area contributed by atoms with Crippen molar-refractivity contribution in [3.63, 3.8) is 0 Å². The summed E-state index contributed by atoms with van der Waals surface area (Å²) in [5, 5.41) is 11.8. The Morgan fingerprint density at radius 1 is 1.33 bits per heavy atom. The van der Waals surface area contributed by atoms with Crippen molar-refractivity contribution in [2.24, 2.45) is 0 Å². The maximum Gasteiger partial charge on any atom is 0.303 e. The predicted octanol–water partition coefficient (Wildman–Crippen LogP) is 2.36. The van der Waals surface area contributed by atoms with Crippen LogP contribution in [0.2, 0.25) is 0 Å². The SMILES string of the molecule is CSC(C)(C)CNCCCCCC(=O)O. The molecular weight excluding hydrogens is 210 g/mol. The van der Waals surface area contributed by atoms with Gasteiger partial charge in [-0.2, -0.15) is 11.8 Å². The quantitative estimate of drug-likeness (QED) is 0.600. The number of rotatable bonds is 9. The number of aliphatic carboxylic acids is 1. The number of carbonyl (C=O) groups is 1. The number of hydrogen-bond acceptors (Lipinski definition) is 3. The maximum atomic E-state index is 10.2. The van der Waals surface area contributed by atoms with E-state index in [4.69, 9.17) is 5.11 Å². The number of hydrogen-bond donors (Lipinski definition) is 2. The molecule has 0 unspecified atom stereocenters. The molecule has 4 heteroatoms. The standard InChI is InChI=1S/C11H23NO2S/c1-11(2,15-3)9-12-8-6-4-5-7-10(13)14/h12H,4-9H2,1-3H3,(H,13,14). The second-order valence-electron chi connectivity index (χ2n) is 4.34. The average molecular weight is 233 g/mol. The summed E-state index contributed by atoms with van der Waals surface area (Å²) in [5.74, 6) is -0.688.